The molecule has 4 heteroatoms. The van der Waals surface area contributed by atoms with Gasteiger partial charge in [0.05, 0.1) is 14.2 Å². The molecule has 0 aromatic heterocycles. The number of benzene rings is 1. The third-order valence-corrected chi connectivity index (χ3v) is 2.52. The van der Waals surface area contributed by atoms with Crippen molar-refractivity contribution in [3.8, 4) is 11.5 Å². The summed E-state index contributed by atoms with van der Waals surface area (Å²) in [7, 11) is 3.26. The van der Waals surface area contributed by atoms with Crippen molar-refractivity contribution in [1.29, 1.82) is 0 Å². The second kappa shape index (κ2) is 5.37. The van der Waals surface area contributed by atoms with E-state index >= 15 is 0 Å². The van der Waals surface area contributed by atoms with E-state index in [1.807, 2.05) is 19.1 Å². The van der Waals surface area contributed by atoms with E-state index in [1.54, 1.807) is 14.2 Å². The second-order valence-corrected chi connectivity index (χ2v) is 4.40. The summed E-state index contributed by atoms with van der Waals surface area (Å²) in [4.78, 5) is 0. The first-order chi connectivity index (χ1) is 7.08. The van der Waals surface area contributed by atoms with Crippen LogP contribution in [0.15, 0.2) is 16.6 Å². The van der Waals surface area contributed by atoms with Gasteiger partial charge in [-0.15, -0.1) is 0 Å². The molecule has 0 radical (unpaired) electrons. The summed E-state index contributed by atoms with van der Waals surface area (Å²) in [6, 6.07) is 3.98. The Morgan fingerprint density at radius 3 is 2.47 bits per heavy atom. The Labute approximate surface area is 98.7 Å². The van der Waals surface area contributed by atoms with Gasteiger partial charge in [0.1, 0.15) is 0 Å². The van der Waals surface area contributed by atoms with Crippen LogP contribution in [0.4, 0.5) is 0 Å². The van der Waals surface area contributed by atoms with Gasteiger partial charge in [-0.05, 0) is 25.5 Å². The minimum Gasteiger partial charge on any atom is -0.493 e. The normalized spacial score (nSPS) is 12.3. The van der Waals surface area contributed by atoms with Crippen molar-refractivity contribution < 1.29 is 9.47 Å². The van der Waals surface area contributed by atoms with Gasteiger partial charge in [-0.3, -0.25) is 0 Å². The van der Waals surface area contributed by atoms with Gasteiger partial charge < -0.3 is 15.2 Å². The van der Waals surface area contributed by atoms with Gasteiger partial charge in [-0.1, -0.05) is 15.9 Å². The number of halogens is 1. The summed E-state index contributed by atoms with van der Waals surface area (Å²) in [5.41, 5.74) is 6.83. The van der Waals surface area contributed by atoms with Crippen molar-refractivity contribution in [3.63, 3.8) is 0 Å². The van der Waals surface area contributed by atoms with Gasteiger partial charge in [-0.2, -0.15) is 0 Å². The molecule has 0 aliphatic heterocycles. The Balaban J connectivity index is 3.16. The molecule has 3 nitrogen and oxygen atoms in total. The number of nitrogens with two attached hydrogens (primary N) is 1. The van der Waals surface area contributed by atoms with Crippen molar-refractivity contribution in [2.45, 2.75) is 19.4 Å². The molecular formula is C11H16BrNO2. The highest BCUT2D eigenvalue weighted by atomic mass is 79.9. The molecule has 15 heavy (non-hydrogen) atoms. The fraction of sp³-hybridized carbons (Fsp3) is 0.455. The lowest BCUT2D eigenvalue weighted by Gasteiger charge is -2.14. The zero-order valence-electron chi connectivity index (χ0n) is 9.21. The maximum Gasteiger partial charge on any atom is 0.164 e. The molecule has 1 aromatic carbocycles. The Bertz CT molecular complexity index is 340. The van der Waals surface area contributed by atoms with E-state index in [0.717, 1.165) is 28.0 Å². The zero-order chi connectivity index (χ0) is 11.4. The van der Waals surface area contributed by atoms with Crippen LogP contribution in [0, 0.1) is 0 Å². The average molecular weight is 274 g/mol. The Morgan fingerprint density at radius 1 is 1.33 bits per heavy atom. The Kier molecular flexibility index (Phi) is 4.42. The standard InChI is InChI=1S/C11H16BrNO2/c1-7(13)4-8-5-9(12)6-10(14-2)11(8)15-3/h5-7H,4,13H2,1-3H3/t7-/m0/s1. The minimum atomic E-state index is 0.0953. The maximum atomic E-state index is 5.78. The van der Waals surface area contributed by atoms with Crippen LogP contribution in [-0.2, 0) is 6.42 Å². The van der Waals surface area contributed by atoms with E-state index in [2.05, 4.69) is 15.9 Å². The second-order valence-electron chi connectivity index (χ2n) is 3.48. The summed E-state index contributed by atoms with van der Waals surface area (Å²) >= 11 is 3.43. The Morgan fingerprint density at radius 2 is 2.00 bits per heavy atom. The largest absolute Gasteiger partial charge is 0.493 e. The predicted molar refractivity (Wildman–Crippen MR) is 64.6 cm³/mol. The number of ether oxygens (including phenoxy) is 2. The molecule has 2 N–H and O–H groups in total. The van der Waals surface area contributed by atoms with Crippen LogP contribution in [0.25, 0.3) is 0 Å². The molecule has 0 unspecified atom stereocenters. The van der Waals surface area contributed by atoms with E-state index < -0.39 is 0 Å². The van der Waals surface area contributed by atoms with Gasteiger partial charge in [0, 0.05) is 16.1 Å². The lowest BCUT2D eigenvalue weighted by molar-refractivity contribution is 0.351. The summed E-state index contributed by atoms with van der Waals surface area (Å²) in [6.45, 7) is 1.97. The highest BCUT2D eigenvalue weighted by Gasteiger charge is 2.12. The fourth-order valence-corrected chi connectivity index (χ4v) is 1.99. The minimum absolute atomic E-state index is 0.0953. The van der Waals surface area contributed by atoms with Crippen molar-refractivity contribution >= 4 is 15.9 Å². The predicted octanol–water partition coefficient (Wildman–Crippen LogP) is 2.36. The molecule has 0 amide bonds. The molecule has 0 spiro atoms. The van der Waals surface area contributed by atoms with Gasteiger partial charge in [-0.25, -0.2) is 0 Å². The number of methoxy groups -OCH3 is 2. The zero-order valence-corrected chi connectivity index (χ0v) is 10.8. The van der Waals surface area contributed by atoms with Gasteiger partial charge in [0.2, 0.25) is 0 Å². The number of hydrogen-bond acceptors (Lipinski definition) is 3. The molecule has 0 heterocycles. The fourth-order valence-electron chi connectivity index (χ4n) is 1.50. The van der Waals surface area contributed by atoms with E-state index in [-0.39, 0.29) is 6.04 Å². The Hall–Kier alpha value is -0.740. The smallest absolute Gasteiger partial charge is 0.164 e. The monoisotopic (exact) mass is 273 g/mol. The van der Waals surface area contributed by atoms with E-state index in [9.17, 15) is 0 Å². The van der Waals surface area contributed by atoms with E-state index in [0.29, 0.717) is 0 Å². The van der Waals surface area contributed by atoms with Crippen LogP contribution in [0.3, 0.4) is 0 Å². The summed E-state index contributed by atoms with van der Waals surface area (Å²) in [5.74, 6) is 1.49. The van der Waals surface area contributed by atoms with Crippen molar-refractivity contribution in [2.24, 2.45) is 5.73 Å². The first kappa shape index (κ1) is 12.3. The summed E-state index contributed by atoms with van der Waals surface area (Å²) < 4.78 is 11.5. The van der Waals surface area contributed by atoms with Crippen LogP contribution in [0.1, 0.15) is 12.5 Å². The van der Waals surface area contributed by atoms with Gasteiger partial charge >= 0.3 is 0 Å². The molecule has 0 aliphatic carbocycles. The highest BCUT2D eigenvalue weighted by Crippen LogP contribution is 2.35. The van der Waals surface area contributed by atoms with Crippen molar-refractivity contribution in [2.75, 3.05) is 14.2 Å². The van der Waals surface area contributed by atoms with E-state index in [1.165, 1.54) is 0 Å². The van der Waals surface area contributed by atoms with Crippen LogP contribution in [0.2, 0.25) is 0 Å². The average Bonchev–Trinajstić information content (AvgIpc) is 2.15. The SMILES string of the molecule is COc1cc(Br)cc(C[C@H](C)N)c1OC. The van der Waals surface area contributed by atoms with Gasteiger partial charge in [0.25, 0.3) is 0 Å². The van der Waals surface area contributed by atoms with E-state index in [4.69, 9.17) is 15.2 Å². The van der Waals surface area contributed by atoms with Crippen molar-refractivity contribution in [1.82, 2.24) is 0 Å². The molecule has 0 aliphatic rings. The lowest BCUT2D eigenvalue weighted by Crippen LogP contribution is -2.18. The molecule has 0 saturated heterocycles. The van der Waals surface area contributed by atoms with Crippen LogP contribution in [0.5, 0.6) is 11.5 Å². The first-order valence-electron chi connectivity index (χ1n) is 4.74. The van der Waals surface area contributed by atoms with Gasteiger partial charge in [0.15, 0.2) is 11.5 Å². The third kappa shape index (κ3) is 3.11. The first-order valence-corrected chi connectivity index (χ1v) is 5.53. The molecule has 0 fully saturated rings. The van der Waals surface area contributed by atoms with Crippen molar-refractivity contribution in [3.05, 3.63) is 22.2 Å². The molecule has 0 bridgehead atoms. The van der Waals surface area contributed by atoms with Crippen LogP contribution in [-0.4, -0.2) is 20.3 Å². The third-order valence-electron chi connectivity index (χ3n) is 2.06. The number of rotatable bonds is 4. The maximum absolute atomic E-state index is 5.78. The van der Waals surface area contributed by atoms with Crippen LogP contribution < -0.4 is 15.2 Å². The number of hydrogen-bond donors (Lipinski definition) is 1. The topological polar surface area (TPSA) is 44.5 Å². The molecule has 1 atom stereocenters. The lowest BCUT2D eigenvalue weighted by atomic mass is 10.1. The molecule has 84 valence electrons. The molecule has 1 aromatic rings. The van der Waals surface area contributed by atoms with Crippen LogP contribution >= 0.6 is 15.9 Å². The highest BCUT2D eigenvalue weighted by molar-refractivity contribution is 9.10. The quantitative estimate of drug-likeness (QED) is 0.916. The summed E-state index contributed by atoms with van der Waals surface area (Å²) in [5, 5.41) is 0. The molecule has 0 saturated carbocycles. The molecular weight excluding hydrogens is 258 g/mol. The molecule has 1 rings (SSSR count). The summed E-state index contributed by atoms with van der Waals surface area (Å²) in [6.07, 6.45) is 0.763.